The first-order valence-corrected chi connectivity index (χ1v) is 5.74. The van der Waals surface area contributed by atoms with Gasteiger partial charge in [0.1, 0.15) is 24.4 Å². The fourth-order valence-electron chi connectivity index (χ4n) is 1.44. The van der Waals surface area contributed by atoms with Crippen molar-refractivity contribution in [1.29, 1.82) is 0 Å². The predicted octanol–water partition coefficient (Wildman–Crippen LogP) is -3.57. The molecule has 0 fully saturated rings. The minimum absolute atomic E-state index is 0.0761. The minimum Gasteiger partial charge on any atom is -0.395 e. The summed E-state index contributed by atoms with van der Waals surface area (Å²) in [7, 11) is 0. The number of hydrogen-bond donors (Lipinski definition) is 6. The van der Waals surface area contributed by atoms with Crippen molar-refractivity contribution in [2.24, 2.45) is 0 Å². The molecule has 0 aliphatic heterocycles. The van der Waals surface area contributed by atoms with E-state index in [1.165, 1.54) is 0 Å². The molecule has 0 saturated carbocycles. The second-order valence-electron chi connectivity index (χ2n) is 4.01. The summed E-state index contributed by atoms with van der Waals surface area (Å²) in [6.45, 7) is 1.69. The van der Waals surface area contributed by atoms with Crippen molar-refractivity contribution < 1.29 is 35.4 Å². The number of hydrogen-bond acceptors (Lipinski definition) is 7. The lowest BCUT2D eigenvalue weighted by atomic mass is 10.0. The van der Waals surface area contributed by atoms with Crippen molar-refractivity contribution in [3.05, 3.63) is 12.7 Å². The summed E-state index contributed by atoms with van der Waals surface area (Å²) >= 11 is 0. The maximum atomic E-state index is 11.4. The highest BCUT2D eigenvalue weighted by molar-refractivity contribution is 5.87. The number of aliphatic hydroxyl groups is 6. The molecule has 0 heterocycles. The highest BCUT2D eigenvalue weighted by atomic mass is 16.4. The zero-order chi connectivity index (χ0) is 15.0. The molecule has 0 unspecified atom stereocenters. The summed E-state index contributed by atoms with van der Waals surface area (Å²) in [5.41, 5.74) is 0. The number of carbonyl (C=O) groups excluding carboxylic acids is 1. The molecule has 19 heavy (non-hydrogen) atoms. The van der Waals surface area contributed by atoms with Gasteiger partial charge in [0.25, 0.3) is 0 Å². The topological polar surface area (TPSA) is 142 Å². The summed E-state index contributed by atoms with van der Waals surface area (Å²) in [6, 6.07) is 0. The van der Waals surface area contributed by atoms with E-state index in [0.29, 0.717) is 0 Å². The molecule has 112 valence electrons. The molecule has 0 aliphatic rings. The van der Waals surface area contributed by atoms with Gasteiger partial charge in [0.15, 0.2) is 0 Å². The molecule has 0 saturated heterocycles. The van der Waals surface area contributed by atoms with Gasteiger partial charge in [-0.1, -0.05) is 6.58 Å². The van der Waals surface area contributed by atoms with Gasteiger partial charge in [-0.05, 0) is 6.08 Å². The summed E-state index contributed by atoms with van der Waals surface area (Å²) in [6.07, 6.45) is -5.68. The Morgan fingerprint density at radius 3 is 2.05 bits per heavy atom. The third kappa shape index (κ3) is 5.64. The molecule has 0 bridgehead atoms. The van der Waals surface area contributed by atoms with Crippen LogP contribution >= 0.6 is 0 Å². The number of rotatable bonds is 9. The van der Waals surface area contributed by atoms with Crippen molar-refractivity contribution in [1.82, 2.24) is 4.90 Å². The smallest absolute Gasteiger partial charge is 0.246 e. The van der Waals surface area contributed by atoms with Crippen LogP contribution in [0.2, 0.25) is 0 Å². The van der Waals surface area contributed by atoms with E-state index >= 15 is 0 Å². The van der Waals surface area contributed by atoms with Gasteiger partial charge in [0.2, 0.25) is 5.91 Å². The minimum atomic E-state index is -1.75. The van der Waals surface area contributed by atoms with Gasteiger partial charge >= 0.3 is 0 Å². The number of carbonyl (C=O) groups is 1. The van der Waals surface area contributed by atoms with Crippen LogP contribution in [0.1, 0.15) is 0 Å². The maximum absolute atomic E-state index is 11.4. The SMILES string of the molecule is C=CC(=O)N(CCO)C[C@H](O)[C@@H](O)[C@H](O)[C@H](O)CO. The molecule has 4 atom stereocenters. The molecule has 1 amide bonds. The van der Waals surface area contributed by atoms with Gasteiger partial charge in [-0.3, -0.25) is 4.79 Å². The van der Waals surface area contributed by atoms with E-state index in [1.54, 1.807) is 0 Å². The van der Waals surface area contributed by atoms with Crippen LogP contribution in [0, 0.1) is 0 Å². The third-order valence-electron chi connectivity index (χ3n) is 2.59. The molecule has 6 N–H and O–H groups in total. The second-order valence-corrected chi connectivity index (χ2v) is 4.01. The first-order chi connectivity index (χ1) is 8.88. The fourth-order valence-corrected chi connectivity index (χ4v) is 1.44. The Morgan fingerprint density at radius 1 is 1.11 bits per heavy atom. The number of aliphatic hydroxyl groups excluding tert-OH is 6. The first kappa shape index (κ1) is 18.0. The molecule has 0 rings (SSSR count). The number of nitrogens with zero attached hydrogens (tertiary/aromatic N) is 1. The zero-order valence-electron chi connectivity index (χ0n) is 10.5. The molecule has 0 aromatic heterocycles. The molecule has 0 radical (unpaired) electrons. The molecule has 8 heteroatoms. The molecular formula is C11H21NO7. The lowest BCUT2D eigenvalue weighted by molar-refractivity contribution is -0.136. The fraction of sp³-hybridized carbons (Fsp3) is 0.727. The van der Waals surface area contributed by atoms with Gasteiger partial charge in [0.05, 0.1) is 13.2 Å². The van der Waals surface area contributed by atoms with E-state index in [-0.39, 0.29) is 19.7 Å². The van der Waals surface area contributed by atoms with E-state index in [4.69, 9.17) is 15.3 Å². The van der Waals surface area contributed by atoms with Crippen LogP contribution in [-0.4, -0.2) is 92.2 Å². The Morgan fingerprint density at radius 2 is 1.63 bits per heavy atom. The second kappa shape index (κ2) is 8.97. The standard InChI is InChI=1S/C11H21NO7/c1-2-9(17)12(3-4-13)5-7(15)10(18)11(19)8(16)6-14/h2,7-8,10-11,13-16,18-19H,1,3-6H2/t7-,8+,10+,11+/m0/s1. The Hall–Kier alpha value is -1.03. The van der Waals surface area contributed by atoms with Gasteiger partial charge in [-0.15, -0.1) is 0 Å². The largest absolute Gasteiger partial charge is 0.395 e. The lowest BCUT2D eigenvalue weighted by Gasteiger charge is -2.29. The van der Waals surface area contributed by atoms with Crippen LogP contribution < -0.4 is 0 Å². The highest BCUT2D eigenvalue weighted by Gasteiger charge is 2.31. The van der Waals surface area contributed by atoms with Crippen LogP contribution in [0.3, 0.4) is 0 Å². The van der Waals surface area contributed by atoms with Gasteiger partial charge in [-0.2, -0.15) is 0 Å². The molecule has 0 spiro atoms. The lowest BCUT2D eigenvalue weighted by Crippen LogP contribution is -2.50. The number of amides is 1. The summed E-state index contributed by atoms with van der Waals surface area (Å²) < 4.78 is 0. The predicted molar refractivity (Wildman–Crippen MR) is 65.0 cm³/mol. The van der Waals surface area contributed by atoms with Crippen molar-refractivity contribution >= 4 is 5.91 Å². The zero-order valence-corrected chi connectivity index (χ0v) is 10.5. The quantitative estimate of drug-likeness (QED) is 0.240. The van der Waals surface area contributed by atoms with Gasteiger partial charge in [0, 0.05) is 13.1 Å². The highest BCUT2D eigenvalue weighted by Crippen LogP contribution is 2.07. The molecular weight excluding hydrogens is 258 g/mol. The van der Waals surface area contributed by atoms with E-state index in [0.717, 1.165) is 11.0 Å². The molecule has 0 aliphatic carbocycles. The van der Waals surface area contributed by atoms with E-state index in [2.05, 4.69) is 6.58 Å². The maximum Gasteiger partial charge on any atom is 0.246 e. The molecule has 8 nitrogen and oxygen atoms in total. The molecule has 0 aromatic rings. The van der Waals surface area contributed by atoms with Crippen LogP contribution in [-0.2, 0) is 4.79 Å². The third-order valence-corrected chi connectivity index (χ3v) is 2.59. The summed E-state index contributed by atoms with van der Waals surface area (Å²) in [4.78, 5) is 12.4. The Bertz CT molecular complexity index is 286. The van der Waals surface area contributed by atoms with Crippen LogP contribution in [0.5, 0.6) is 0 Å². The van der Waals surface area contributed by atoms with Crippen molar-refractivity contribution in [3.8, 4) is 0 Å². The van der Waals surface area contributed by atoms with Crippen LogP contribution in [0.15, 0.2) is 12.7 Å². The molecule has 0 aromatic carbocycles. The Balaban J connectivity index is 4.57. The first-order valence-electron chi connectivity index (χ1n) is 5.74. The van der Waals surface area contributed by atoms with Crippen LogP contribution in [0.4, 0.5) is 0 Å². The normalized spacial score (nSPS) is 17.4. The van der Waals surface area contributed by atoms with Crippen LogP contribution in [0.25, 0.3) is 0 Å². The average molecular weight is 279 g/mol. The van der Waals surface area contributed by atoms with E-state index in [9.17, 15) is 20.1 Å². The van der Waals surface area contributed by atoms with Crippen molar-refractivity contribution in [2.45, 2.75) is 24.4 Å². The van der Waals surface area contributed by atoms with Crippen molar-refractivity contribution in [2.75, 3.05) is 26.3 Å². The van der Waals surface area contributed by atoms with E-state index < -0.39 is 36.9 Å². The van der Waals surface area contributed by atoms with E-state index in [1.807, 2.05) is 0 Å². The van der Waals surface area contributed by atoms with Crippen molar-refractivity contribution in [3.63, 3.8) is 0 Å². The monoisotopic (exact) mass is 279 g/mol. The van der Waals surface area contributed by atoms with Gasteiger partial charge in [-0.25, -0.2) is 0 Å². The Labute approximate surface area is 110 Å². The Kier molecular flexibility index (Phi) is 8.48. The summed E-state index contributed by atoms with van der Waals surface area (Å²) in [5.74, 6) is -0.558. The summed E-state index contributed by atoms with van der Waals surface area (Å²) in [5, 5.41) is 55.1. The van der Waals surface area contributed by atoms with Gasteiger partial charge < -0.3 is 35.5 Å². The average Bonchev–Trinajstić information content (AvgIpc) is 2.43.